The zero-order chi connectivity index (χ0) is 38.4. The van der Waals surface area contributed by atoms with Crippen molar-refractivity contribution in [2.24, 2.45) is 11.8 Å². The van der Waals surface area contributed by atoms with Crippen molar-refractivity contribution in [3.63, 3.8) is 0 Å². The van der Waals surface area contributed by atoms with Crippen molar-refractivity contribution < 1.29 is 42.5 Å². The summed E-state index contributed by atoms with van der Waals surface area (Å²) in [5, 5.41) is 4.32. The van der Waals surface area contributed by atoms with Gasteiger partial charge in [0, 0.05) is 74.6 Å². The van der Waals surface area contributed by atoms with Gasteiger partial charge >= 0.3 is 5.97 Å². The van der Waals surface area contributed by atoms with Crippen LogP contribution in [-0.2, 0) is 70.2 Å². The second-order valence-electron chi connectivity index (χ2n) is 15.5. The number of nitrogen functional groups attached to an aromatic ring is 1. The van der Waals surface area contributed by atoms with E-state index in [9.17, 15) is 24.0 Å². The van der Waals surface area contributed by atoms with Gasteiger partial charge in [0.15, 0.2) is 0 Å². The van der Waals surface area contributed by atoms with Crippen LogP contribution in [-0.4, -0.2) is 113 Å². The molecule has 0 unspecified atom stereocenters. The van der Waals surface area contributed by atoms with Crippen LogP contribution in [0.1, 0.15) is 88.6 Å². The van der Waals surface area contributed by atoms with E-state index in [2.05, 4.69) is 29.2 Å². The maximum atomic E-state index is 13.5. The third-order valence-electron chi connectivity index (χ3n) is 11.7. The third kappa shape index (κ3) is 8.13. The van der Waals surface area contributed by atoms with Crippen molar-refractivity contribution in [3.05, 3.63) is 42.6 Å². The molecule has 6 aliphatic rings. The fourth-order valence-corrected chi connectivity index (χ4v) is 11.5. The molecule has 0 aromatic carbocycles. The Labute approximate surface area is 341 Å². The molecule has 3 fully saturated rings. The van der Waals surface area contributed by atoms with Crippen LogP contribution >= 0.6 is 22.7 Å². The SMILES string of the molecule is CCOC(=O)c1c(N)sc2c1CCN(C)C2.CN1CC(=O)N[C@@H]2CCC[C@H]2C1=O.CN1CCc2c(sc3nc4n(c(=O)c23)[C@@H]2CCC[C@H]2C(=O)N(C)C4)C1.[V]. The van der Waals surface area contributed by atoms with Crippen LogP contribution < -0.4 is 16.6 Å². The minimum absolute atomic E-state index is 0. The molecule has 3 aromatic heterocycles. The van der Waals surface area contributed by atoms with Crippen molar-refractivity contribution in [3.8, 4) is 0 Å². The first-order valence-corrected chi connectivity index (χ1v) is 20.8. The first-order chi connectivity index (χ1) is 25.9. The fourth-order valence-electron chi connectivity index (χ4n) is 9.03. The van der Waals surface area contributed by atoms with Gasteiger partial charge in [0.25, 0.3) is 5.56 Å². The van der Waals surface area contributed by atoms with Crippen LogP contribution in [0.3, 0.4) is 0 Å². The van der Waals surface area contributed by atoms with Crippen LogP contribution in [0.2, 0.25) is 0 Å². The summed E-state index contributed by atoms with van der Waals surface area (Å²) in [7, 11) is 7.72. The third-order valence-corrected chi connectivity index (χ3v) is 13.9. The molecule has 2 aliphatic carbocycles. The Morgan fingerprint density at radius 2 is 1.45 bits per heavy atom. The number of likely N-dealkylation sites (N-methyl/N-ethyl adjacent to an activating group) is 3. The van der Waals surface area contributed by atoms with Crippen LogP contribution in [0.15, 0.2) is 4.79 Å². The predicted molar refractivity (Wildman–Crippen MR) is 208 cm³/mol. The number of rotatable bonds is 2. The molecule has 297 valence electrons. The van der Waals surface area contributed by atoms with Gasteiger partial charge in [-0.05, 0) is 70.7 Å². The number of carbonyl (C=O) groups excluding carboxylic acids is 4. The van der Waals surface area contributed by atoms with E-state index in [-0.39, 0.29) is 78.3 Å². The van der Waals surface area contributed by atoms with Gasteiger partial charge in [0.1, 0.15) is 15.7 Å². The molecular weight excluding hydrogens is 780 g/mol. The van der Waals surface area contributed by atoms with E-state index in [0.717, 1.165) is 99.2 Å². The number of fused-ring (bicyclic) bond motifs is 8. The maximum absolute atomic E-state index is 13.5. The molecule has 0 spiro atoms. The summed E-state index contributed by atoms with van der Waals surface area (Å²) < 4.78 is 6.92. The quantitative estimate of drug-likeness (QED) is 0.368. The number of hydrogen-bond acceptors (Lipinski definition) is 12. The molecule has 1 saturated heterocycles. The van der Waals surface area contributed by atoms with Crippen molar-refractivity contribution in [2.45, 2.75) is 90.0 Å². The Hall–Kier alpha value is -3.28. The summed E-state index contributed by atoms with van der Waals surface area (Å²) in [5.41, 5.74) is 8.88. The summed E-state index contributed by atoms with van der Waals surface area (Å²) in [6, 6.07) is 0.0867. The number of nitrogens with two attached hydrogens (primary N) is 1. The molecule has 1 radical (unpaired) electrons. The van der Waals surface area contributed by atoms with E-state index < -0.39 is 0 Å². The summed E-state index contributed by atoms with van der Waals surface area (Å²) in [5.74, 6) is 0.725. The molecule has 0 bridgehead atoms. The van der Waals surface area contributed by atoms with Gasteiger partial charge in [-0.2, -0.15) is 0 Å². The molecular formula is C38H52N8O6S2V. The topological polar surface area (TPSA) is 163 Å². The zero-order valence-corrected chi connectivity index (χ0v) is 35.4. The summed E-state index contributed by atoms with van der Waals surface area (Å²) in [6.45, 7) is 6.57. The molecule has 9 rings (SSSR count). The Morgan fingerprint density at radius 1 is 0.836 bits per heavy atom. The molecule has 3 aromatic rings. The fraction of sp³-hybridized carbons (Fsp3) is 0.632. The van der Waals surface area contributed by atoms with Crippen LogP contribution in [0.5, 0.6) is 0 Å². The molecule has 7 heterocycles. The van der Waals surface area contributed by atoms with Crippen LogP contribution in [0, 0.1) is 11.8 Å². The van der Waals surface area contributed by atoms with Crippen LogP contribution in [0.25, 0.3) is 10.2 Å². The molecule has 4 aliphatic heterocycles. The average Bonchev–Trinajstić information content (AvgIpc) is 3.90. The number of nitrogens with zero attached hydrogens (tertiary/aromatic N) is 6. The van der Waals surface area contributed by atoms with Gasteiger partial charge in [-0.3, -0.25) is 23.7 Å². The maximum Gasteiger partial charge on any atom is 0.341 e. The van der Waals surface area contributed by atoms with E-state index in [1.807, 2.05) is 11.6 Å². The van der Waals surface area contributed by atoms with Gasteiger partial charge in [-0.1, -0.05) is 12.8 Å². The number of amides is 3. The van der Waals surface area contributed by atoms with Gasteiger partial charge in [-0.15, -0.1) is 22.7 Å². The van der Waals surface area contributed by atoms with E-state index in [1.54, 1.807) is 30.2 Å². The first kappa shape index (κ1) is 41.4. The van der Waals surface area contributed by atoms with Crippen molar-refractivity contribution in [1.82, 2.24) is 34.5 Å². The standard InChI is InChI=1S/C18H22N4O2S.C11H16N2O2S.C9H14N2O2.V/c1-20-7-6-11-13(8-20)25-16-15(11)18(24)22-12-5-3-4-10(12)17(23)21(2)9-14(22)19-16;1-3-15-11(14)9-7-4-5-13(2)6-8(7)16-10(9)12;1-11-5-8(12)10-7-4-2-3-6(7)9(11)13;/h10,12H,3-9H2,1-2H3;3-6,12H2,1-2H3;6-7H,2-5H2,1H3,(H,10,12);/t10-,12-;;6-,7-;/m1.1./s1. The molecule has 17 heteroatoms. The minimum atomic E-state index is -0.276. The summed E-state index contributed by atoms with van der Waals surface area (Å²) >= 11 is 3.17. The molecule has 3 amide bonds. The molecule has 4 atom stereocenters. The number of carbonyl (C=O) groups is 4. The average molecular weight is 832 g/mol. The van der Waals surface area contributed by atoms with Gasteiger partial charge in [0.2, 0.25) is 17.7 Å². The second kappa shape index (κ2) is 17.1. The summed E-state index contributed by atoms with van der Waals surface area (Å²) in [4.78, 5) is 76.9. The summed E-state index contributed by atoms with van der Waals surface area (Å²) in [6.07, 6.45) is 7.51. The Bertz CT molecular complexity index is 2030. The number of hydrogen-bond donors (Lipinski definition) is 2. The number of aromatic nitrogens is 2. The second-order valence-corrected chi connectivity index (χ2v) is 17.8. The largest absolute Gasteiger partial charge is 0.462 e. The zero-order valence-electron chi connectivity index (χ0n) is 32.4. The smallest absolute Gasteiger partial charge is 0.341 e. The number of anilines is 1. The normalized spacial score (nSPS) is 24.7. The van der Waals surface area contributed by atoms with Crippen LogP contribution in [0.4, 0.5) is 5.00 Å². The Kier molecular flexibility index (Phi) is 12.8. The number of nitrogens with one attached hydrogen (secondary N) is 1. The Balaban J connectivity index is 0.000000149. The molecule has 2 saturated carbocycles. The van der Waals surface area contributed by atoms with Crippen molar-refractivity contribution in [2.75, 3.05) is 60.2 Å². The first-order valence-electron chi connectivity index (χ1n) is 19.1. The van der Waals surface area contributed by atoms with Gasteiger partial charge < -0.3 is 35.4 Å². The number of thiophene rings is 2. The monoisotopic (exact) mass is 831 g/mol. The van der Waals surface area contributed by atoms with E-state index in [4.69, 9.17) is 15.5 Å². The van der Waals surface area contributed by atoms with Gasteiger partial charge in [0.05, 0.1) is 48.5 Å². The predicted octanol–water partition coefficient (Wildman–Crippen LogP) is 2.99. The number of ether oxygens (including phenoxy) is 1. The van der Waals surface area contributed by atoms with Crippen molar-refractivity contribution in [1.29, 1.82) is 0 Å². The van der Waals surface area contributed by atoms with Gasteiger partial charge in [-0.25, -0.2) is 9.78 Å². The van der Waals surface area contributed by atoms with E-state index in [0.29, 0.717) is 23.7 Å². The van der Waals surface area contributed by atoms with E-state index >= 15 is 0 Å². The molecule has 3 N–H and O–H groups in total. The molecule has 55 heavy (non-hydrogen) atoms. The molecule has 14 nitrogen and oxygen atoms in total. The minimum Gasteiger partial charge on any atom is -0.462 e. The van der Waals surface area contributed by atoms with E-state index in [1.165, 1.54) is 31.6 Å². The Morgan fingerprint density at radius 3 is 2.16 bits per heavy atom. The van der Waals surface area contributed by atoms with Crippen molar-refractivity contribution >= 4 is 61.6 Å². The number of esters is 1.